The van der Waals surface area contributed by atoms with E-state index in [4.69, 9.17) is 9.94 Å². The Hall–Kier alpha value is -1.26. The van der Waals surface area contributed by atoms with Crippen molar-refractivity contribution < 1.29 is 19.5 Å². The maximum Gasteiger partial charge on any atom is 0.512 e. The average Bonchev–Trinajstić information content (AvgIpc) is 2.72. The van der Waals surface area contributed by atoms with E-state index in [2.05, 4.69) is 30.7 Å². The van der Waals surface area contributed by atoms with Crippen LogP contribution in [0.25, 0.3) is 0 Å². The molecular weight excluding hydrogens is 246 g/mol. The van der Waals surface area contributed by atoms with E-state index in [0.717, 1.165) is 25.7 Å². The lowest BCUT2D eigenvalue weighted by Crippen LogP contribution is -2.38. The first-order chi connectivity index (χ1) is 8.87. The van der Waals surface area contributed by atoms with Crippen LogP contribution in [0.4, 0.5) is 4.79 Å². The van der Waals surface area contributed by atoms with Gasteiger partial charge < -0.3 is 14.7 Å². The average molecular weight is 269 g/mol. The van der Waals surface area contributed by atoms with Crippen LogP contribution in [0.15, 0.2) is 5.16 Å². The molecule has 19 heavy (non-hydrogen) atoms. The topological polar surface area (TPSA) is 68.1 Å². The number of carbonyl (C=O) groups is 1. The molecule has 0 atom stereocenters. The molecule has 0 saturated heterocycles. The van der Waals surface area contributed by atoms with Crippen LogP contribution in [0.1, 0.15) is 59.3 Å². The third-order valence-corrected chi connectivity index (χ3v) is 4.93. The number of hydrogen-bond acceptors (Lipinski definition) is 4. The number of nitrogens with zero attached hydrogens (tertiary/aromatic N) is 1. The van der Waals surface area contributed by atoms with Crippen LogP contribution in [0, 0.1) is 11.3 Å². The molecule has 1 fully saturated rings. The summed E-state index contributed by atoms with van der Waals surface area (Å²) in [5.41, 5.74) is 0.0482. The van der Waals surface area contributed by atoms with Gasteiger partial charge >= 0.3 is 6.16 Å². The molecule has 1 aliphatic heterocycles. The van der Waals surface area contributed by atoms with Gasteiger partial charge in [0.2, 0.25) is 5.90 Å². The molecule has 0 radical (unpaired) electrons. The Labute approximate surface area is 114 Å². The Kier molecular flexibility index (Phi) is 3.74. The minimum Gasteiger partial charge on any atom is -0.449 e. The largest absolute Gasteiger partial charge is 0.512 e. The molecule has 1 saturated carbocycles. The Balaban J connectivity index is 1.89. The molecule has 108 valence electrons. The van der Waals surface area contributed by atoms with Gasteiger partial charge in [-0.1, -0.05) is 32.3 Å². The lowest BCUT2D eigenvalue weighted by molar-refractivity contribution is -0.0658. The second-order valence-electron chi connectivity index (χ2n) is 6.42. The van der Waals surface area contributed by atoms with Gasteiger partial charge in [-0.25, -0.2) is 4.79 Å². The number of oxime groups is 1. The van der Waals surface area contributed by atoms with Gasteiger partial charge in [0.25, 0.3) is 0 Å². The van der Waals surface area contributed by atoms with E-state index >= 15 is 0 Å². The molecule has 0 bridgehead atoms. The molecule has 0 aromatic heterocycles. The van der Waals surface area contributed by atoms with Crippen molar-refractivity contribution >= 4 is 12.1 Å². The number of hydrogen-bond donors (Lipinski definition) is 1. The maximum atomic E-state index is 10.5. The van der Waals surface area contributed by atoms with E-state index < -0.39 is 6.16 Å². The van der Waals surface area contributed by atoms with Gasteiger partial charge in [-0.15, -0.1) is 0 Å². The van der Waals surface area contributed by atoms with E-state index in [-0.39, 0.29) is 11.5 Å². The highest BCUT2D eigenvalue weighted by Crippen LogP contribution is 2.47. The van der Waals surface area contributed by atoms with Crippen molar-refractivity contribution in [2.24, 2.45) is 16.5 Å². The smallest absolute Gasteiger partial charge is 0.449 e. The molecule has 2 rings (SSSR count). The first-order valence-corrected chi connectivity index (χ1v) is 7.03. The van der Waals surface area contributed by atoms with E-state index in [1.807, 2.05) is 0 Å². The molecule has 0 aromatic carbocycles. The Morgan fingerprint density at radius 1 is 1.53 bits per heavy atom. The second kappa shape index (κ2) is 5.02. The SMILES string of the molecule is CCC(C)(C)C1CCC2(CC1)CC(OC(=O)O)=NO2. The molecule has 0 unspecified atom stereocenters. The first-order valence-electron chi connectivity index (χ1n) is 7.03. The van der Waals surface area contributed by atoms with Crippen LogP contribution < -0.4 is 0 Å². The fourth-order valence-corrected chi connectivity index (χ4v) is 3.13. The van der Waals surface area contributed by atoms with E-state index in [0.29, 0.717) is 17.8 Å². The van der Waals surface area contributed by atoms with Crippen molar-refractivity contribution in [3.05, 3.63) is 0 Å². The second-order valence-corrected chi connectivity index (χ2v) is 6.42. The van der Waals surface area contributed by atoms with Gasteiger partial charge in [0.1, 0.15) is 5.60 Å². The van der Waals surface area contributed by atoms with Gasteiger partial charge in [-0.3, -0.25) is 0 Å². The standard InChI is InChI=1S/C14H23NO4/c1-4-13(2,3)10-5-7-14(8-6-10)9-11(15-19-14)18-12(16)17/h10H,4-9H2,1-3H3,(H,16,17). The minimum absolute atomic E-state index is 0.195. The van der Waals surface area contributed by atoms with Crippen molar-refractivity contribution in [2.45, 2.75) is 64.9 Å². The van der Waals surface area contributed by atoms with Crippen LogP contribution >= 0.6 is 0 Å². The zero-order valence-electron chi connectivity index (χ0n) is 11.9. The van der Waals surface area contributed by atoms with Crippen molar-refractivity contribution in [1.29, 1.82) is 0 Å². The summed E-state index contributed by atoms with van der Waals surface area (Å²) in [5.74, 6) is 0.900. The zero-order chi connectivity index (χ0) is 14.1. The number of ether oxygens (including phenoxy) is 1. The van der Waals surface area contributed by atoms with Crippen molar-refractivity contribution in [2.75, 3.05) is 0 Å². The van der Waals surface area contributed by atoms with Crippen LogP contribution in [0.5, 0.6) is 0 Å². The van der Waals surface area contributed by atoms with Crippen molar-refractivity contribution in [3.8, 4) is 0 Å². The normalized spacial score (nSPS) is 30.9. The molecule has 5 heteroatoms. The summed E-state index contributed by atoms with van der Waals surface area (Å²) in [7, 11) is 0. The van der Waals surface area contributed by atoms with Crippen LogP contribution in [0.3, 0.4) is 0 Å². The summed E-state index contributed by atoms with van der Waals surface area (Å²) in [4.78, 5) is 16.0. The number of rotatable bonds is 2. The molecule has 1 aliphatic carbocycles. The monoisotopic (exact) mass is 269 g/mol. The molecule has 0 amide bonds. The summed E-state index contributed by atoms with van der Waals surface area (Å²) in [6.07, 6.45) is 4.41. The minimum atomic E-state index is -1.32. The first kappa shape index (κ1) is 14.2. The molecule has 5 nitrogen and oxygen atoms in total. The van der Waals surface area contributed by atoms with Gasteiger partial charge in [-0.2, -0.15) is 0 Å². The zero-order valence-corrected chi connectivity index (χ0v) is 11.9. The lowest BCUT2D eigenvalue weighted by Gasteiger charge is -2.41. The fourth-order valence-electron chi connectivity index (χ4n) is 3.13. The lowest BCUT2D eigenvalue weighted by atomic mass is 9.66. The van der Waals surface area contributed by atoms with Crippen LogP contribution in [0.2, 0.25) is 0 Å². The van der Waals surface area contributed by atoms with Gasteiger partial charge in [0.15, 0.2) is 0 Å². The van der Waals surface area contributed by atoms with Gasteiger partial charge in [0, 0.05) is 0 Å². The highest BCUT2D eigenvalue weighted by molar-refractivity contribution is 5.86. The van der Waals surface area contributed by atoms with Crippen molar-refractivity contribution in [1.82, 2.24) is 0 Å². The summed E-state index contributed by atoms with van der Waals surface area (Å²) in [5, 5.41) is 12.4. The van der Waals surface area contributed by atoms with E-state index in [9.17, 15) is 4.79 Å². The quantitative estimate of drug-likeness (QED) is 0.774. The van der Waals surface area contributed by atoms with Crippen molar-refractivity contribution in [3.63, 3.8) is 0 Å². The molecule has 1 spiro atoms. The van der Waals surface area contributed by atoms with E-state index in [1.54, 1.807) is 0 Å². The molecule has 1 N–H and O–H groups in total. The van der Waals surface area contributed by atoms with Gasteiger partial charge in [-0.05, 0) is 37.0 Å². The Morgan fingerprint density at radius 3 is 2.68 bits per heavy atom. The van der Waals surface area contributed by atoms with Crippen LogP contribution in [-0.2, 0) is 9.57 Å². The molecule has 0 aromatic rings. The van der Waals surface area contributed by atoms with Crippen LogP contribution in [-0.4, -0.2) is 22.8 Å². The Morgan fingerprint density at radius 2 is 2.16 bits per heavy atom. The predicted octanol–water partition coefficient (Wildman–Crippen LogP) is 3.78. The third-order valence-electron chi connectivity index (χ3n) is 4.93. The summed E-state index contributed by atoms with van der Waals surface area (Å²) >= 11 is 0. The maximum absolute atomic E-state index is 10.5. The predicted molar refractivity (Wildman–Crippen MR) is 71.0 cm³/mol. The third kappa shape index (κ3) is 3.01. The summed E-state index contributed by atoms with van der Waals surface area (Å²) < 4.78 is 4.60. The highest BCUT2D eigenvalue weighted by atomic mass is 16.7. The molecule has 1 heterocycles. The fraction of sp³-hybridized carbons (Fsp3) is 0.857. The Bertz CT molecular complexity index is 381. The summed E-state index contributed by atoms with van der Waals surface area (Å²) in [6, 6.07) is 0. The highest BCUT2D eigenvalue weighted by Gasteiger charge is 2.46. The number of carboxylic acid groups (broad SMARTS) is 1. The van der Waals surface area contributed by atoms with Gasteiger partial charge in [0.05, 0.1) is 6.42 Å². The summed E-state index contributed by atoms with van der Waals surface area (Å²) in [6.45, 7) is 6.87. The molecule has 2 aliphatic rings. The molecular formula is C14H23NO4. The van der Waals surface area contributed by atoms with E-state index in [1.165, 1.54) is 6.42 Å².